The van der Waals surface area contributed by atoms with E-state index in [1.54, 1.807) is 0 Å². The van der Waals surface area contributed by atoms with E-state index in [0.717, 1.165) is 6.04 Å². The van der Waals surface area contributed by atoms with E-state index in [-0.39, 0.29) is 24.3 Å². The molecule has 1 atom stereocenters. The highest BCUT2D eigenvalue weighted by Crippen LogP contribution is 2.11. The number of esters is 1. The van der Waals surface area contributed by atoms with Crippen molar-refractivity contribution in [3.8, 4) is 0 Å². The van der Waals surface area contributed by atoms with Gasteiger partial charge in [-0.15, -0.1) is 0 Å². The van der Waals surface area contributed by atoms with Gasteiger partial charge in [0.2, 0.25) is 0 Å². The van der Waals surface area contributed by atoms with Gasteiger partial charge in [0.1, 0.15) is 0 Å². The van der Waals surface area contributed by atoms with Crippen LogP contribution in [-0.4, -0.2) is 40.4 Å². The average Bonchev–Trinajstić information content (AvgIpc) is 2.26. The largest absolute Gasteiger partial charge is 0.469 e. The van der Waals surface area contributed by atoms with Gasteiger partial charge in [-0.2, -0.15) is 0 Å². The van der Waals surface area contributed by atoms with E-state index >= 15 is 0 Å². The molecule has 0 spiro atoms. The van der Waals surface area contributed by atoms with E-state index in [1.165, 1.54) is 7.11 Å². The zero-order valence-electron chi connectivity index (χ0n) is 12.9. The Labute approximate surface area is 117 Å². The smallest absolute Gasteiger partial charge is 0.407 e. The predicted octanol–water partition coefficient (Wildman–Crippen LogP) is 2.50. The maximum absolute atomic E-state index is 11.5. The Bertz CT molecular complexity index is 300. The molecule has 1 N–H and O–H groups in total. The minimum Gasteiger partial charge on any atom is -0.469 e. The van der Waals surface area contributed by atoms with Crippen molar-refractivity contribution >= 4 is 20.1 Å². The second-order valence-corrected chi connectivity index (χ2v) is 11.8. The molecule has 0 aromatic rings. The minimum atomic E-state index is -1.19. The van der Waals surface area contributed by atoms with Crippen LogP contribution in [0.2, 0.25) is 25.7 Å². The van der Waals surface area contributed by atoms with Crippen LogP contribution in [0.4, 0.5) is 4.79 Å². The molecule has 0 radical (unpaired) electrons. The molecule has 112 valence electrons. The third-order valence-electron chi connectivity index (χ3n) is 2.86. The molecule has 19 heavy (non-hydrogen) atoms. The number of rotatable bonds is 7. The van der Waals surface area contributed by atoms with E-state index in [0.29, 0.717) is 6.61 Å². The lowest BCUT2D eigenvalue weighted by molar-refractivity contribution is -0.146. The highest BCUT2D eigenvalue weighted by atomic mass is 28.3. The van der Waals surface area contributed by atoms with Crippen LogP contribution in [0.5, 0.6) is 0 Å². The lowest BCUT2D eigenvalue weighted by Crippen LogP contribution is -2.37. The molecule has 0 aromatic heterocycles. The first-order valence-electron chi connectivity index (χ1n) is 6.66. The number of carbonyl (C=O) groups is 2. The fraction of sp³-hybridized carbons (Fsp3) is 0.846. The van der Waals surface area contributed by atoms with Gasteiger partial charge in [0.15, 0.2) is 0 Å². The van der Waals surface area contributed by atoms with Gasteiger partial charge >= 0.3 is 12.1 Å². The molecule has 0 saturated carbocycles. The monoisotopic (exact) mass is 289 g/mol. The van der Waals surface area contributed by atoms with Gasteiger partial charge < -0.3 is 14.8 Å². The first kappa shape index (κ1) is 18.0. The number of methoxy groups -OCH3 is 1. The number of hydrogen-bond donors (Lipinski definition) is 1. The molecule has 0 rings (SSSR count). The number of alkyl carbamates (subject to hydrolysis) is 1. The summed E-state index contributed by atoms with van der Waals surface area (Å²) in [5.74, 6) is -0.540. The second kappa shape index (κ2) is 8.19. The van der Waals surface area contributed by atoms with Crippen LogP contribution < -0.4 is 5.32 Å². The summed E-state index contributed by atoms with van der Waals surface area (Å²) >= 11 is 0. The predicted molar refractivity (Wildman–Crippen MR) is 77.8 cm³/mol. The molecule has 0 heterocycles. The van der Waals surface area contributed by atoms with Crippen LogP contribution in [-0.2, 0) is 14.3 Å². The number of amides is 1. The van der Waals surface area contributed by atoms with Crippen molar-refractivity contribution in [2.75, 3.05) is 20.3 Å². The van der Waals surface area contributed by atoms with Crippen molar-refractivity contribution < 1.29 is 19.1 Å². The van der Waals surface area contributed by atoms with Gasteiger partial charge in [-0.25, -0.2) is 4.79 Å². The molecule has 6 heteroatoms. The van der Waals surface area contributed by atoms with E-state index < -0.39 is 14.2 Å². The fourth-order valence-electron chi connectivity index (χ4n) is 1.44. The van der Waals surface area contributed by atoms with Gasteiger partial charge in [-0.1, -0.05) is 33.5 Å². The van der Waals surface area contributed by atoms with Gasteiger partial charge in [0.05, 0.1) is 19.6 Å². The Morgan fingerprint density at radius 3 is 2.21 bits per heavy atom. The lowest BCUT2D eigenvalue weighted by atomic mass is 9.96. The van der Waals surface area contributed by atoms with Crippen molar-refractivity contribution in [2.45, 2.75) is 39.5 Å². The average molecular weight is 289 g/mol. The number of ether oxygens (including phenoxy) is 2. The summed E-state index contributed by atoms with van der Waals surface area (Å²) in [5, 5.41) is 2.62. The lowest BCUT2D eigenvalue weighted by Gasteiger charge is -2.19. The highest BCUT2D eigenvalue weighted by molar-refractivity contribution is 6.76. The van der Waals surface area contributed by atoms with E-state index in [2.05, 4.69) is 25.0 Å². The maximum Gasteiger partial charge on any atom is 0.407 e. The molecule has 0 aromatic carbocycles. The highest BCUT2D eigenvalue weighted by Gasteiger charge is 2.23. The van der Waals surface area contributed by atoms with Gasteiger partial charge in [-0.3, -0.25) is 4.79 Å². The second-order valence-electron chi connectivity index (χ2n) is 6.20. The minimum absolute atomic E-state index is 0.106. The Balaban J connectivity index is 4.03. The van der Waals surface area contributed by atoms with E-state index in [9.17, 15) is 9.59 Å². The molecule has 0 fully saturated rings. The molecule has 0 aliphatic rings. The molecule has 0 aliphatic heterocycles. The van der Waals surface area contributed by atoms with Crippen molar-refractivity contribution in [3.63, 3.8) is 0 Å². The van der Waals surface area contributed by atoms with E-state index in [1.807, 2.05) is 13.8 Å². The van der Waals surface area contributed by atoms with Crippen molar-refractivity contribution in [1.29, 1.82) is 0 Å². The maximum atomic E-state index is 11.5. The Hall–Kier alpha value is -1.04. The Morgan fingerprint density at radius 1 is 1.21 bits per heavy atom. The first-order chi connectivity index (χ1) is 8.67. The molecule has 0 aliphatic carbocycles. The summed E-state index contributed by atoms with van der Waals surface area (Å²) in [6.45, 7) is 11.2. The third-order valence-corrected chi connectivity index (χ3v) is 4.56. The number of nitrogens with one attached hydrogen (secondary N) is 1. The fourth-order valence-corrected chi connectivity index (χ4v) is 2.15. The molecule has 5 nitrogen and oxygen atoms in total. The van der Waals surface area contributed by atoms with Crippen LogP contribution in [0, 0.1) is 11.8 Å². The van der Waals surface area contributed by atoms with Crippen LogP contribution in [0.1, 0.15) is 13.8 Å². The van der Waals surface area contributed by atoms with Gasteiger partial charge in [0, 0.05) is 14.6 Å². The molecule has 0 bridgehead atoms. The van der Waals surface area contributed by atoms with Crippen molar-refractivity contribution in [2.24, 2.45) is 11.8 Å². The summed E-state index contributed by atoms with van der Waals surface area (Å²) in [6.07, 6.45) is -0.465. The Morgan fingerprint density at radius 2 is 1.79 bits per heavy atom. The van der Waals surface area contributed by atoms with Crippen LogP contribution >= 0.6 is 0 Å². The summed E-state index contributed by atoms with van der Waals surface area (Å²) in [6, 6.07) is 0.936. The zero-order valence-corrected chi connectivity index (χ0v) is 13.9. The zero-order chi connectivity index (χ0) is 15.1. The third kappa shape index (κ3) is 8.64. The summed E-state index contributed by atoms with van der Waals surface area (Å²) < 4.78 is 9.80. The van der Waals surface area contributed by atoms with Crippen molar-refractivity contribution in [3.05, 3.63) is 0 Å². The Kier molecular flexibility index (Phi) is 7.74. The van der Waals surface area contributed by atoms with Crippen molar-refractivity contribution in [1.82, 2.24) is 5.32 Å². The molecule has 0 saturated heterocycles. The van der Waals surface area contributed by atoms with E-state index in [4.69, 9.17) is 9.47 Å². The normalized spacial score (nSPS) is 13.0. The molecular weight excluding hydrogens is 262 g/mol. The molecule has 1 amide bonds. The quantitative estimate of drug-likeness (QED) is 0.577. The summed E-state index contributed by atoms with van der Waals surface area (Å²) in [4.78, 5) is 23.0. The standard InChI is InChI=1S/C13H27NO4Si/c1-10(2)11(12(15)17-3)9-14-13(16)18-7-8-19(4,5)6/h10-11H,7-9H2,1-6H3,(H,14,16). The van der Waals surface area contributed by atoms with Gasteiger partial charge in [0.25, 0.3) is 0 Å². The molecular formula is C13H27NO4Si. The number of carbonyl (C=O) groups excluding carboxylic acids is 2. The summed E-state index contributed by atoms with van der Waals surface area (Å²) in [7, 11) is 0.162. The topological polar surface area (TPSA) is 64.6 Å². The number of hydrogen-bond acceptors (Lipinski definition) is 4. The van der Waals surface area contributed by atoms with Gasteiger partial charge in [-0.05, 0) is 12.0 Å². The summed E-state index contributed by atoms with van der Waals surface area (Å²) in [5.41, 5.74) is 0. The van der Waals surface area contributed by atoms with Crippen LogP contribution in [0.25, 0.3) is 0 Å². The SMILES string of the molecule is COC(=O)C(CNC(=O)OCC[Si](C)(C)C)C(C)C. The van der Waals surface area contributed by atoms with Crippen LogP contribution in [0.15, 0.2) is 0 Å². The van der Waals surface area contributed by atoms with Crippen LogP contribution in [0.3, 0.4) is 0 Å². The first-order valence-corrected chi connectivity index (χ1v) is 10.4. The molecule has 1 unspecified atom stereocenters.